The minimum absolute atomic E-state index is 0.0146. The van der Waals surface area contributed by atoms with Gasteiger partial charge in [-0.15, -0.1) is 0 Å². The van der Waals surface area contributed by atoms with E-state index in [4.69, 9.17) is 14.7 Å². The minimum atomic E-state index is -0.900. The Bertz CT molecular complexity index is 2190. The highest BCUT2D eigenvalue weighted by Gasteiger charge is 2.60. The van der Waals surface area contributed by atoms with Crippen molar-refractivity contribution >= 4 is 27.6 Å². The van der Waals surface area contributed by atoms with E-state index in [0.717, 1.165) is 61.4 Å². The van der Waals surface area contributed by atoms with Gasteiger partial charge in [0.1, 0.15) is 29.6 Å². The Kier molecular flexibility index (Phi) is 6.19. The number of piperazine rings is 1. The molecule has 2 bridgehead atoms. The van der Waals surface area contributed by atoms with Gasteiger partial charge in [0.15, 0.2) is 11.6 Å². The number of rotatable bonds is 4. The highest BCUT2D eigenvalue weighted by molar-refractivity contribution is 6.03. The van der Waals surface area contributed by atoms with E-state index >= 15 is 4.39 Å². The summed E-state index contributed by atoms with van der Waals surface area (Å²) < 4.78 is 40.6. The number of hydrogen-bond donors (Lipinski definition) is 2. The van der Waals surface area contributed by atoms with Gasteiger partial charge in [-0.25, -0.2) is 8.78 Å². The van der Waals surface area contributed by atoms with Gasteiger partial charge in [-0.2, -0.15) is 9.97 Å². The molecule has 7 aliphatic rings. The lowest BCUT2D eigenvalue weighted by Gasteiger charge is -2.41. The number of aryl methyl sites for hydroxylation is 3. The Morgan fingerprint density at radius 1 is 1.08 bits per heavy atom. The third kappa shape index (κ3) is 4.13. The van der Waals surface area contributed by atoms with Gasteiger partial charge < -0.3 is 24.6 Å². The summed E-state index contributed by atoms with van der Waals surface area (Å²) in [5.41, 5.74) is 2.50. The van der Waals surface area contributed by atoms with Gasteiger partial charge in [0, 0.05) is 56.3 Å². The molecule has 5 atom stereocenters. The number of aromatic nitrogens is 3. The van der Waals surface area contributed by atoms with E-state index in [1.165, 1.54) is 24.8 Å². The largest absolute Gasteiger partial charge is 0.508 e. The number of fused-ring (bicyclic) bond motifs is 9. The van der Waals surface area contributed by atoms with Crippen LogP contribution in [0.5, 0.6) is 11.8 Å². The van der Waals surface area contributed by atoms with E-state index in [1.54, 1.807) is 16.7 Å². The number of phenolic OH excluding ortho intramolecular Hbond substituents is 1. The number of phenols is 1. The molecule has 9 nitrogen and oxygen atoms in total. The number of ether oxygens (including phenoxy) is 1. The zero-order chi connectivity index (χ0) is 33.5. The molecule has 11 heteroatoms. The Morgan fingerprint density at radius 2 is 1.98 bits per heavy atom. The SMILES string of the molecule is O=c1c(-c2cc(O)cc3ccc4c(c23)CCC4)c(F)c2nc(OC[C@]34C[C@@H](F)CN3CC3(CCC3)C4)nc3c2n1CCC1C2CCC(CN31)N2. The molecule has 2 N–H and O–H groups in total. The van der Waals surface area contributed by atoms with E-state index in [0.29, 0.717) is 55.4 Å². The fraction of sp³-hybridized carbons (Fsp3) is 0.564. The first-order valence-corrected chi connectivity index (χ1v) is 18.7. The van der Waals surface area contributed by atoms with Gasteiger partial charge in [-0.3, -0.25) is 9.69 Å². The predicted molar refractivity (Wildman–Crippen MR) is 186 cm³/mol. The molecule has 0 radical (unpaired) electrons. The van der Waals surface area contributed by atoms with Crippen LogP contribution in [0, 0.1) is 11.2 Å². The van der Waals surface area contributed by atoms with E-state index in [1.807, 2.05) is 6.07 Å². The van der Waals surface area contributed by atoms with Gasteiger partial charge in [0.2, 0.25) is 0 Å². The molecule has 260 valence electrons. The third-order valence-corrected chi connectivity index (χ3v) is 13.7. The summed E-state index contributed by atoms with van der Waals surface area (Å²) in [5.74, 6) is -0.187. The van der Waals surface area contributed by atoms with E-state index in [9.17, 15) is 14.3 Å². The van der Waals surface area contributed by atoms with E-state index in [-0.39, 0.29) is 46.9 Å². The third-order valence-electron chi connectivity index (χ3n) is 13.7. The normalized spacial score (nSPS) is 30.5. The summed E-state index contributed by atoms with van der Waals surface area (Å²) >= 11 is 0. The van der Waals surface area contributed by atoms with Crippen LogP contribution in [0.15, 0.2) is 29.1 Å². The molecule has 5 fully saturated rings. The van der Waals surface area contributed by atoms with Crippen LogP contribution in [0.4, 0.5) is 14.6 Å². The maximum atomic E-state index is 17.5. The van der Waals surface area contributed by atoms with Crippen molar-refractivity contribution < 1.29 is 18.6 Å². The highest BCUT2D eigenvalue weighted by Crippen LogP contribution is 2.57. The zero-order valence-corrected chi connectivity index (χ0v) is 28.2. The number of pyridine rings is 1. The van der Waals surface area contributed by atoms with Crippen LogP contribution in [0.1, 0.15) is 68.9 Å². The van der Waals surface area contributed by atoms with Crippen molar-refractivity contribution in [1.82, 2.24) is 24.8 Å². The molecule has 1 saturated carbocycles. The lowest BCUT2D eigenvalue weighted by atomic mass is 9.65. The molecule has 7 heterocycles. The molecule has 4 saturated heterocycles. The van der Waals surface area contributed by atoms with E-state index in [2.05, 4.69) is 21.2 Å². The Morgan fingerprint density at radius 3 is 2.84 bits per heavy atom. The molecular formula is C39H42F2N6O3. The van der Waals surface area contributed by atoms with Crippen molar-refractivity contribution in [1.29, 1.82) is 0 Å². The monoisotopic (exact) mass is 680 g/mol. The number of nitrogens with one attached hydrogen (secondary N) is 1. The molecule has 11 rings (SSSR count). The quantitative estimate of drug-likeness (QED) is 0.296. The second kappa shape index (κ2) is 10.4. The van der Waals surface area contributed by atoms with Gasteiger partial charge in [0.25, 0.3) is 5.56 Å². The first-order chi connectivity index (χ1) is 24.3. The molecule has 5 aliphatic heterocycles. The summed E-state index contributed by atoms with van der Waals surface area (Å²) in [7, 11) is 0. The molecule has 1 spiro atoms. The van der Waals surface area contributed by atoms with Gasteiger partial charge in [-0.1, -0.05) is 18.6 Å². The van der Waals surface area contributed by atoms with Crippen molar-refractivity contribution in [2.24, 2.45) is 5.41 Å². The van der Waals surface area contributed by atoms with E-state index < -0.39 is 23.1 Å². The first-order valence-electron chi connectivity index (χ1n) is 18.7. The molecular weight excluding hydrogens is 638 g/mol. The van der Waals surface area contributed by atoms with Crippen LogP contribution in [0.2, 0.25) is 0 Å². The van der Waals surface area contributed by atoms with Gasteiger partial charge in [0.05, 0.1) is 11.1 Å². The molecule has 4 aromatic rings. The second-order valence-electron chi connectivity index (χ2n) is 16.6. The number of benzene rings is 2. The number of anilines is 1. The number of halogens is 2. The van der Waals surface area contributed by atoms with Crippen LogP contribution >= 0.6 is 0 Å². The number of aromatic hydroxyl groups is 1. The van der Waals surface area contributed by atoms with Crippen LogP contribution in [0.25, 0.3) is 32.9 Å². The van der Waals surface area contributed by atoms with Crippen molar-refractivity contribution in [3.05, 3.63) is 51.6 Å². The fourth-order valence-electron chi connectivity index (χ4n) is 11.5. The number of nitrogens with zero attached hydrogens (tertiary/aromatic N) is 5. The molecule has 3 unspecified atom stereocenters. The summed E-state index contributed by atoms with van der Waals surface area (Å²) in [6, 6.07) is 7.98. The Labute approximate surface area is 288 Å². The first kappa shape index (κ1) is 29.9. The summed E-state index contributed by atoms with van der Waals surface area (Å²) in [5, 5.41) is 16.3. The second-order valence-corrected chi connectivity index (χ2v) is 16.6. The van der Waals surface area contributed by atoms with Crippen molar-refractivity contribution in [2.75, 3.05) is 31.1 Å². The van der Waals surface area contributed by atoms with Gasteiger partial charge >= 0.3 is 6.01 Å². The standard InChI is InChI=1S/C39H42F2N6O3/c40-23-15-39(18-38(10-2-11-38)19-45(39)16-23)20-50-37-43-33-32(41)31(27-14-25(48)13-22-6-5-21-3-1-4-26(21)30(22)27)36(49)46-12-9-29-28-8-7-24(42-28)17-47(29)35(44-37)34(33)46/h5-6,13-14,23-24,28-29,42,48H,1-4,7-12,15-20H2/t23-,24?,28?,29?,39-/m1/s1. The van der Waals surface area contributed by atoms with Crippen LogP contribution in [-0.4, -0.2) is 80.6 Å². The topological polar surface area (TPSA) is 95.8 Å². The minimum Gasteiger partial charge on any atom is -0.508 e. The molecule has 2 aromatic heterocycles. The van der Waals surface area contributed by atoms with Crippen molar-refractivity contribution in [3.63, 3.8) is 0 Å². The maximum Gasteiger partial charge on any atom is 0.319 e. The lowest BCUT2D eigenvalue weighted by Crippen LogP contribution is -2.58. The Balaban J connectivity index is 1.10. The molecule has 2 aliphatic carbocycles. The maximum absolute atomic E-state index is 17.5. The summed E-state index contributed by atoms with van der Waals surface area (Å²) in [6.45, 7) is 2.67. The van der Waals surface area contributed by atoms with Crippen LogP contribution < -0.4 is 20.5 Å². The van der Waals surface area contributed by atoms with Crippen LogP contribution in [-0.2, 0) is 19.4 Å². The average molecular weight is 681 g/mol. The molecule has 50 heavy (non-hydrogen) atoms. The Hall–Kier alpha value is -3.83. The molecule has 0 amide bonds. The number of alkyl halides is 1. The smallest absolute Gasteiger partial charge is 0.319 e. The highest BCUT2D eigenvalue weighted by atomic mass is 19.1. The predicted octanol–water partition coefficient (Wildman–Crippen LogP) is 5.39. The van der Waals surface area contributed by atoms with Gasteiger partial charge in [-0.05, 0) is 97.2 Å². The molecule has 2 aromatic carbocycles. The zero-order valence-electron chi connectivity index (χ0n) is 28.2. The number of hydrogen-bond acceptors (Lipinski definition) is 8. The fourth-order valence-corrected chi connectivity index (χ4v) is 11.5. The van der Waals surface area contributed by atoms with Crippen molar-refractivity contribution in [3.8, 4) is 22.9 Å². The van der Waals surface area contributed by atoms with Crippen molar-refractivity contribution in [2.45, 2.75) is 107 Å². The summed E-state index contributed by atoms with van der Waals surface area (Å²) in [6.07, 6.45) is 9.55. The summed E-state index contributed by atoms with van der Waals surface area (Å²) in [4.78, 5) is 29.1. The lowest BCUT2D eigenvalue weighted by molar-refractivity contribution is 0.104. The van der Waals surface area contributed by atoms with Crippen LogP contribution in [0.3, 0.4) is 0 Å². The average Bonchev–Trinajstić information content (AvgIpc) is 3.83.